The lowest BCUT2D eigenvalue weighted by Crippen LogP contribution is -2.26. The minimum Gasteiger partial charge on any atom is -0.346 e. The summed E-state index contributed by atoms with van der Waals surface area (Å²) in [6.07, 6.45) is 1.04. The fourth-order valence-electron chi connectivity index (χ4n) is 0.848. The van der Waals surface area contributed by atoms with E-state index < -0.39 is 0 Å². The molecule has 0 aromatic carbocycles. The molecule has 0 amide bonds. The van der Waals surface area contributed by atoms with Gasteiger partial charge in [-0.1, -0.05) is 13.8 Å². The Bertz CT molecular complexity index is 151. The van der Waals surface area contributed by atoms with Gasteiger partial charge in [0.2, 0.25) is 0 Å². The molecule has 1 atom stereocenters. The Morgan fingerprint density at radius 1 is 1.25 bits per heavy atom. The Hall–Kier alpha value is 1.33. The fraction of sp³-hybridized carbons (Fsp3) is 1.00. The van der Waals surface area contributed by atoms with Crippen molar-refractivity contribution in [1.29, 1.82) is 0 Å². The third-order valence-corrected chi connectivity index (χ3v) is 2.64. The van der Waals surface area contributed by atoms with Gasteiger partial charge in [0.25, 0.3) is 0 Å². The first kappa shape index (κ1) is 19.0. The molecule has 0 bridgehead atoms. The Labute approximate surface area is 98.5 Å². The molecule has 0 aromatic rings. The largest absolute Gasteiger partial charge is 0.346 e. The van der Waals surface area contributed by atoms with E-state index in [-0.39, 0.29) is 38.9 Å². The van der Waals surface area contributed by atoms with Crippen LogP contribution in [0.2, 0.25) is 0 Å². The summed E-state index contributed by atoms with van der Waals surface area (Å²) in [5.74, 6) is 1.48. The van der Waals surface area contributed by atoms with E-state index >= 15 is 0 Å². The van der Waals surface area contributed by atoms with Crippen LogP contribution < -0.4 is 5.73 Å². The molecule has 0 spiro atoms. The molecule has 0 unspecified atom stereocenters. The van der Waals surface area contributed by atoms with E-state index in [1.165, 1.54) is 0 Å². The van der Waals surface area contributed by atoms with Crippen LogP contribution in [0.3, 0.4) is 0 Å². The fourth-order valence-corrected chi connectivity index (χ4v) is 2.38. The van der Waals surface area contributed by atoms with Crippen molar-refractivity contribution >= 4 is 55.2 Å². The van der Waals surface area contributed by atoms with Crippen molar-refractivity contribution in [2.24, 2.45) is 11.7 Å². The molecule has 0 saturated carbocycles. The van der Waals surface area contributed by atoms with Crippen molar-refractivity contribution in [3.63, 3.8) is 0 Å². The second kappa shape index (κ2) is 10.4. The number of hydrogen-bond acceptors (Lipinski definition) is 4. The third-order valence-electron chi connectivity index (χ3n) is 1.12. The molecule has 0 aliphatic carbocycles. The molecular formula is C6H16Cl2NS3-. The Morgan fingerprint density at radius 2 is 1.67 bits per heavy atom. The quantitative estimate of drug-likeness (QED) is 0.787. The molecule has 2 N–H and O–H groups in total. The summed E-state index contributed by atoms with van der Waals surface area (Å²) < 4.78 is 0. The molecule has 1 nitrogen and oxygen atoms in total. The number of hydrogen-bond donors (Lipinski definition) is 1. The standard InChI is InChI=1S/C6H14NS3.2ClH/c1-5(2)3-6(7)4-10(8)9;;/h5-6H,3-4,7H2,1-2H3;2*1H/q-1;;/t6-;;/m0../s1. The van der Waals surface area contributed by atoms with Crippen molar-refractivity contribution in [1.82, 2.24) is 0 Å². The lowest BCUT2D eigenvalue weighted by molar-refractivity contribution is 0.524. The van der Waals surface area contributed by atoms with E-state index in [1.54, 1.807) is 0 Å². The summed E-state index contributed by atoms with van der Waals surface area (Å²) in [5.41, 5.74) is 5.75. The molecule has 6 heteroatoms. The zero-order valence-electron chi connectivity index (χ0n) is 7.19. The van der Waals surface area contributed by atoms with Crippen molar-refractivity contribution in [2.45, 2.75) is 26.3 Å². The monoisotopic (exact) mass is 268 g/mol. The van der Waals surface area contributed by atoms with Gasteiger partial charge in [-0.05, 0) is 18.4 Å². The van der Waals surface area contributed by atoms with Crippen LogP contribution in [0, 0.1) is 5.92 Å². The molecule has 0 rings (SSSR count). The number of nitrogens with two attached hydrogens (primary N) is 1. The van der Waals surface area contributed by atoms with Crippen LogP contribution in [0.4, 0.5) is 0 Å². The molecule has 78 valence electrons. The van der Waals surface area contributed by atoms with Crippen LogP contribution >= 0.6 is 24.8 Å². The Kier molecular flexibility index (Phi) is 16.5. The van der Waals surface area contributed by atoms with E-state index in [4.69, 9.17) is 28.1 Å². The Balaban J connectivity index is -0.000000405. The second-order valence-electron chi connectivity index (χ2n) is 2.86. The van der Waals surface area contributed by atoms with Gasteiger partial charge < -0.3 is 13.7 Å². The molecule has 0 fully saturated rings. The minimum absolute atomic E-state index is 0. The minimum atomic E-state index is -0.320. The van der Waals surface area contributed by atoms with E-state index in [9.17, 15) is 0 Å². The van der Waals surface area contributed by atoms with Gasteiger partial charge in [0.1, 0.15) is 0 Å². The van der Waals surface area contributed by atoms with Gasteiger partial charge in [-0.25, -0.2) is 0 Å². The predicted octanol–water partition coefficient (Wildman–Crippen LogP) is 1.75. The zero-order valence-corrected chi connectivity index (χ0v) is 11.3. The molecule has 0 saturated heterocycles. The van der Waals surface area contributed by atoms with E-state index in [0.29, 0.717) is 5.92 Å². The number of rotatable bonds is 4. The zero-order chi connectivity index (χ0) is 8.15. The smallest absolute Gasteiger partial charge is 0.0134 e. The maximum atomic E-state index is 5.75. The molecule has 0 aliphatic rings. The Morgan fingerprint density at radius 3 is 1.92 bits per heavy atom. The molecule has 12 heavy (non-hydrogen) atoms. The van der Waals surface area contributed by atoms with E-state index in [0.717, 1.165) is 12.2 Å². The maximum Gasteiger partial charge on any atom is -0.0134 e. The summed E-state index contributed by atoms with van der Waals surface area (Å²) in [6, 6.07) is 0.221. The first-order valence-electron chi connectivity index (χ1n) is 3.33. The van der Waals surface area contributed by atoms with Crippen LogP contribution in [0.1, 0.15) is 20.3 Å². The van der Waals surface area contributed by atoms with E-state index in [1.807, 2.05) is 0 Å². The van der Waals surface area contributed by atoms with Gasteiger partial charge in [-0.3, -0.25) is 22.4 Å². The van der Waals surface area contributed by atoms with Gasteiger partial charge in [-0.2, -0.15) is 0 Å². The van der Waals surface area contributed by atoms with Crippen molar-refractivity contribution < 1.29 is 0 Å². The predicted molar refractivity (Wildman–Crippen MR) is 68.9 cm³/mol. The highest BCUT2D eigenvalue weighted by molar-refractivity contribution is 8.46. The topological polar surface area (TPSA) is 26.0 Å². The third kappa shape index (κ3) is 13.9. The highest BCUT2D eigenvalue weighted by atomic mass is 35.5. The molecule has 0 radical (unpaired) electrons. The summed E-state index contributed by atoms with van der Waals surface area (Å²) in [5, 5.41) is 0. The molecule has 0 aromatic heterocycles. The van der Waals surface area contributed by atoms with Crippen molar-refractivity contribution in [3.05, 3.63) is 0 Å². The number of halogens is 2. The maximum absolute atomic E-state index is 5.75. The van der Waals surface area contributed by atoms with Crippen LogP contribution in [0.15, 0.2) is 0 Å². The van der Waals surface area contributed by atoms with Crippen LogP contribution in [-0.4, -0.2) is 11.8 Å². The van der Waals surface area contributed by atoms with Crippen molar-refractivity contribution in [3.8, 4) is 0 Å². The normalized spacial score (nSPS) is 12.1. The first-order chi connectivity index (χ1) is 4.52. The molecular weight excluding hydrogens is 253 g/mol. The lowest BCUT2D eigenvalue weighted by Gasteiger charge is -2.15. The van der Waals surface area contributed by atoms with Gasteiger partial charge in [0.15, 0.2) is 0 Å². The van der Waals surface area contributed by atoms with E-state index in [2.05, 4.69) is 13.8 Å². The highest BCUT2D eigenvalue weighted by Crippen LogP contribution is 2.02. The van der Waals surface area contributed by atoms with Gasteiger partial charge in [0, 0.05) is 0 Å². The lowest BCUT2D eigenvalue weighted by atomic mass is 10.1. The van der Waals surface area contributed by atoms with Gasteiger partial charge in [0.05, 0.1) is 0 Å². The van der Waals surface area contributed by atoms with Crippen molar-refractivity contribution in [2.75, 3.05) is 5.75 Å². The van der Waals surface area contributed by atoms with Crippen LogP contribution in [-0.2, 0) is 30.4 Å². The van der Waals surface area contributed by atoms with Crippen LogP contribution in [0.25, 0.3) is 0 Å². The van der Waals surface area contributed by atoms with Gasteiger partial charge in [-0.15, -0.1) is 30.6 Å². The summed E-state index contributed by atoms with van der Waals surface area (Å²) in [6.45, 7) is 4.31. The van der Waals surface area contributed by atoms with Crippen LogP contribution in [0.5, 0.6) is 0 Å². The first-order valence-corrected chi connectivity index (χ1v) is 6.58. The highest BCUT2D eigenvalue weighted by Gasteiger charge is 1.99. The average molecular weight is 269 g/mol. The van der Waals surface area contributed by atoms with Gasteiger partial charge >= 0.3 is 0 Å². The SMILES string of the molecule is CC(C)C[C@H](N)C[S-](=S)=S.Cl.Cl. The summed E-state index contributed by atoms with van der Waals surface area (Å²) in [7, 11) is -0.320. The average Bonchev–Trinajstić information content (AvgIpc) is 1.58. The summed E-state index contributed by atoms with van der Waals surface area (Å²) >= 11 is 9.74. The molecule has 0 aliphatic heterocycles. The summed E-state index contributed by atoms with van der Waals surface area (Å²) in [4.78, 5) is 0. The molecule has 0 heterocycles. The second-order valence-corrected chi connectivity index (χ2v) is 6.85.